The predicted octanol–water partition coefficient (Wildman–Crippen LogP) is 3.52. The number of ether oxygens (including phenoxy) is 1. The van der Waals surface area contributed by atoms with Gasteiger partial charge in [-0.3, -0.25) is 4.72 Å². The van der Waals surface area contributed by atoms with Crippen molar-refractivity contribution in [1.82, 2.24) is 9.29 Å². The van der Waals surface area contributed by atoms with Crippen molar-refractivity contribution in [2.75, 3.05) is 24.1 Å². The molecule has 1 aromatic heterocycles. The van der Waals surface area contributed by atoms with Crippen LogP contribution in [0.2, 0.25) is 0 Å². The SMILES string of the molecule is CC1Cc2cccc(Nc3ccc4cc(NS(=O)(=O)N(C)C)ccc4n3)c2O1. The molecule has 0 spiro atoms. The fourth-order valence-electron chi connectivity index (χ4n) is 3.17. The van der Waals surface area contributed by atoms with Gasteiger partial charge in [0, 0.05) is 25.9 Å². The van der Waals surface area contributed by atoms with Gasteiger partial charge in [-0.2, -0.15) is 12.7 Å². The van der Waals surface area contributed by atoms with E-state index in [0.717, 1.165) is 33.1 Å². The van der Waals surface area contributed by atoms with E-state index in [2.05, 4.69) is 28.0 Å². The van der Waals surface area contributed by atoms with Gasteiger partial charge in [-0.1, -0.05) is 12.1 Å². The van der Waals surface area contributed by atoms with Crippen LogP contribution in [0.1, 0.15) is 12.5 Å². The van der Waals surface area contributed by atoms with Crippen molar-refractivity contribution in [3.63, 3.8) is 0 Å². The highest BCUT2D eigenvalue weighted by Crippen LogP contribution is 2.37. The number of fused-ring (bicyclic) bond motifs is 2. The molecule has 0 saturated heterocycles. The average molecular weight is 398 g/mol. The third-order valence-corrected chi connectivity index (χ3v) is 6.06. The van der Waals surface area contributed by atoms with E-state index in [-0.39, 0.29) is 6.10 Å². The summed E-state index contributed by atoms with van der Waals surface area (Å²) in [5.41, 5.74) is 3.34. The number of pyridine rings is 1. The Morgan fingerprint density at radius 1 is 1.14 bits per heavy atom. The molecule has 146 valence electrons. The van der Waals surface area contributed by atoms with E-state index in [9.17, 15) is 8.42 Å². The average Bonchev–Trinajstić information content (AvgIpc) is 3.03. The normalized spacial score (nSPS) is 16.1. The maximum absolute atomic E-state index is 12.0. The van der Waals surface area contributed by atoms with Crippen LogP contribution in [-0.4, -0.2) is 37.9 Å². The standard InChI is InChI=1S/C20H22N4O3S/c1-13-11-15-5-4-6-18(20(15)27-13)22-19-10-7-14-12-16(8-9-17(14)21-19)23-28(25,26)24(2)3/h4-10,12-13,23H,11H2,1-3H3,(H,21,22). The number of nitrogens with zero attached hydrogens (tertiary/aromatic N) is 2. The van der Waals surface area contributed by atoms with Crippen LogP contribution in [0.25, 0.3) is 10.9 Å². The first-order valence-electron chi connectivity index (χ1n) is 8.98. The smallest absolute Gasteiger partial charge is 0.301 e. The zero-order valence-electron chi connectivity index (χ0n) is 15.9. The van der Waals surface area contributed by atoms with Gasteiger partial charge in [0.1, 0.15) is 17.7 Å². The van der Waals surface area contributed by atoms with Crippen molar-refractivity contribution in [3.05, 3.63) is 54.1 Å². The van der Waals surface area contributed by atoms with E-state index in [1.807, 2.05) is 24.3 Å². The van der Waals surface area contributed by atoms with Crippen molar-refractivity contribution in [1.29, 1.82) is 0 Å². The Labute approximate surface area is 164 Å². The van der Waals surface area contributed by atoms with Crippen LogP contribution in [0.5, 0.6) is 5.75 Å². The maximum Gasteiger partial charge on any atom is 0.301 e. The fourth-order valence-corrected chi connectivity index (χ4v) is 3.78. The van der Waals surface area contributed by atoms with E-state index in [1.54, 1.807) is 18.2 Å². The highest BCUT2D eigenvalue weighted by molar-refractivity contribution is 7.90. The van der Waals surface area contributed by atoms with Crippen LogP contribution in [0.4, 0.5) is 17.2 Å². The number of rotatable bonds is 5. The first-order valence-corrected chi connectivity index (χ1v) is 10.4. The van der Waals surface area contributed by atoms with Crippen molar-refractivity contribution in [2.45, 2.75) is 19.4 Å². The lowest BCUT2D eigenvalue weighted by molar-refractivity contribution is 0.256. The van der Waals surface area contributed by atoms with E-state index < -0.39 is 10.2 Å². The molecule has 2 N–H and O–H groups in total. The van der Waals surface area contributed by atoms with Crippen LogP contribution < -0.4 is 14.8 Å². The van der Waals surface area contributed by atoms with Gasteiger partial charge < -0.3 is 10.1 Å². The quantitative estimate of drug-likeness (QED) is 0.687. The first kappa shape index (κ1) is 18.5. The second-order valence-electron chi connectivity index (χ2n) is 7.04. The third-order valence-electron chi connectivity index (χ3n) is 4.60. The topological polar surface area (TPSA) is 83.6 Å². The molecule has 0 aliphatic carbocycles. The molecule has 8 heteroatoms. The zero-order valence-corrected chi connectivity index (χ0v) is 16.7. The lowest BCUT2D eigenvalue weighted by Crippen LogP contribution is -2.28. The maximum atomic E-state index is 12.0. The van der Waals surface area contributed by atoms with Crippen LogP contribution >= 0.6 is 0 Å². The van der Waals surface area contributed by atoms with E-state index in [1.165, 1.54) is 19.7 Å². The molecule has 2 aromatic carbocycles. The van der Waals surface area contributed by atoms with Gasteiger partial charge in [-0.05, 0) is 48.9 Å². The fraction of sp³-hybridized carbons (Fsp3) is 0.250. The molecule has 4 rings (SSSR count). The highest BCUT2D eigenvalue weighted by atomic mass is 32.2. The van der Waals surface area contributed by atoms with E-state index in [4.69, 9.17) is 4.74 Å². The van der Waals surface area contributed by atoms with Gasteiger partial charge in [-0.25, -0.2) is 4.98 Å². The van der Waals surface area contributed by atoms with Crippen LogP contribution in [0.15, 0.2) is 48.5 Å². The molecule has 2 heterocycles. The van der Waals surface area contributed by atoms with Gasteiger partial charge >= 0.3 is 10.2 Å². The molecule has 1 aliphatic heterocycles. The van der Waals surface area contributed by atoms with Crippen molar-refractivity contribution < 1.29 is 13.2 Å². The summed E-state index contributed by atoms with van der Waals surface area (Å²) in [6, 6.07) is 15.1. The Bertz CT molecular complexity index is 1150. The first-order chi connectivity index (χ1) is 13.3. The monoisotopic (exact) mass is 398 g/mol. The molecule has 1 aliphatic rings. The summed E-state index contributed by atoms with van der Waals surface area (Å²) in [4.78, 5) is 4.63. The van der Waals surface area contributed by atoms with Crippen LogP contribution in [0, 0.1) is 0 Å². The molecule has 7 nitrogen and oxygen atoms in total. The Hall–Kier alpha value is -2.84. The highest BCUT2D eigenvalue weighted by Gasteiger charge is 2.22. The van der Waals surface area contributed by atoms with Gasteiger partial charge in [0.2, 0.25) is 0 Å². The number of anilines is 3. The van der Waals surface area contributed by atoms with Gasteiger partial charge in [0.05, 0.1) is 16.9 Å². The Kier molecular flexibility index (Phi) is 4.60. The molecule has 0 fully saturated rings. The number of nitrogens with one attached hydrogen (secondary N) is 2. The minimum Gasteiger partial charge on any atom is -0.488 e. The van der Waals surface area contributed by atoms with Crippen molar-refractivity contribution in [2.24, 2.45) is 0 Å². The van der Waals surface area contributed by atoms with Gasteiger partial charge in [-0.15, -0.1) is 0 Å². The summed E-state index contributed by atoms with van der Waals surface area (Å²) < 4.78 is 33.6. The van der Waals surface area contributed by atoms with E-state index >= 15 is 0 Å². The number of hydrogen-bond donors (Lipinski definition) is 2. The summed E-state index contributed by atoms with van der Waals surface area (Å²) in [5.74, 6) is 1.58. The zero-order chi connectivity index (χ0) is 19.9. The second-order valence-corrected chi connectivity index (χ2v) is 8.93. The van der Waals surface area contributed by atoms with Crippen LogP contribution in [-0.2, 0) is 16.6 Å². The number of para-hydroxylation sites is 1. The molecule has 1 atom stereocenters. The Balaban J connectivity index is 1.60. The summed E-state index contributed by atoms with van der Waals surface area (Å²) >= 11 is 0. The van der Waals surface area contributed by atoms with Gasteiger partial charge in [0.25, 0.3) is 0 Å². The Morgan fingerprint density at radius 2 is 1.96 bits per heavy atom. The molecule has 0 saturated carbocycles. The number of hydrogen-bond acceptors (Lipinski definition) is 5. The minimum absolute atomic E-state index is 0.173. The lowest BCUT2D eigenvalue weighted by Gasteiger charge is -2.14. The van der Waals surface area contributed by atoms with Crippen LogP contribution in [0.3, 0.4) is 0 Å². The van der Waals surface area contributed by atoms with E-state index in [0.29, 0.717) is 11.5 Å². The summed E-state index contributed by atoms with van der Waals surface area (Å²) in [7, 11) is -0.583. The molecule has 28 heavy (non-hydrogen) atoms. The largest absolute Gasteiger partial charge is 0.488 e. The summed E-state index contributed by atoms with van der Waals surface area (Å²) in [5, 5.41) is 4.17. The third kappa shape index (κ3) is 3.61. The lowest BCUT2D eigenvalue weighted by atomic mass is 10.1. The predicted molar refractivity (Wildman–Crippen MR) is 111 cm³/mol. The molecule has 0 bridgehead atoms. The van der Waals surface area contributed by atoms with Gasteiger partial charge in [0.15, 0.2) is 0 Å². The molecular formula is C20H22N4O3S. The molecule has 3 aromatic rings. The minimum atomic E-state index is -3.54. The molecular weight excluding hydrogens is 376 g/mol. The summed E-state index contributed by atoms with van der Waals surface area (Å²) in [6.07, 6.45) is 1.08. The number of aromatic nitrogens is 1. The summed E-state index contributed by atoms with van der Waals surface area (Å²) in [6.45, 7) is 2.06. The number of benzene rings is 2. The van der Waals surface area contributed by atoms with Crippen molar-refractivity contribution >= 4 is 38.3 Å². The van der Waals surface area contributed by atoms with Crippen molar-refractivity contribution in [3.8, 4) is 5.75 Å². The second kappa shape index (κ2) is 6.96. The molecule has 1 unspecified atom stereocenters. The molecule has 0 amide bonds. The molecule has 0 radical (unpaired) electrons. The Morgan fingerprint density at radius 3 is 2.75 bits per heavy atom.